The van der Waals surface area contributed by atoms with E-state index in [0.717, 1.165) is 6.42 Å². The number of benzene rings is 6. The van der Waals surface area contributed by atoms with E-state index in [4.69, 9.17) is 0 Å². The molecule has 8 rings (SSSR count). The molecule has 3 heteroatoms. The molecule has 0 saturated carbocycles. The van der Waals surface area contributed by atoms with Gasteiger partial charge >= 0.3 is 145 Å². The third-order valence-electron chi connectivity index (χ3n) is 9.71. The van der Waals surface area contributed by atoms with E-state index < -0.39 is 0 Å². The van der Waals surface area contributed by atoms with Gasteiger partial charge in [0.2, 0.25) is 0 Å². The molecule has 0 atom stereocenters. The van der Waals surface area contributed by atoms with Crippen LogP contribution in [0.2, 0.25) is 0 Å². The van der Waals surface area contributed by atoms with Crippen molar-refractivity contribution in [3.63, 3.8) is 0 Å². The predicted octanol–water partition coefficient (Wildman–Crippen LogP) is 14.2. The minimum atomic E-state index is 0. The van der Waals surface area contributed by atoms with Crippen molar-refractivity contribution in [2.45, 2.75) is 72.6 Å². The Morgan fingerprint density at radius 3 is 1.37 bits per heavy atom. The molecule has 0 aromatic heterocycles. The van der Waals surface area contributed by atoms with Crippen LogP contribution in [-0.2, 0) is 35.1 Å². The molecule has 1 aliphatic rings. The molecule has 264 valence electrons. The van der Waals surface area contributed by atoms with Crippen LogP contribution in [0.5, 0.6) is 0 Å². The fourth-order valence-corrected chi connectivity index (χ4v) is 8.39. The standard InChI is InChI=1S/C23H29.C21H14.C5H5.2ClH.Zr/c1-14-9-16-11-17-10-15(2)21(23(6,7)8)13-19(17)18(16)12-20(14)22(3,4)5;1-3-13-20-16(7-1)9-5-11-18(20)15-19-12-6-10-17-8-2-4-14-21(17)19;1-2-4-5-3-1;;;/h9-13H,1-8H3;1-14H;1-3H,4H2;2*1H;/q-1;;-1;;;+2. The van der Waals surface area contributed by atoms with Crippen LogP contribution < -0.4 is 0 Å². The van der Waals surface area contributed by atoms with Crippen molar-refractivity contribution in [1.82, 2.24) is 0 Å². The molecule has 7 aromatic carbocycles. The topological polar surface area (TPSA) is 0 Å². The Bertz CT molecular complexity index is 2230. The molecule has 0 saturated heterocycles. The Hall–Kier alpha value is -3.48. The van der Waals surface area contributed by atoms with E-state index in [1.54, 1.807) is 0 Å². The Kier molecular flexibility index (Phi) is 13.6. The molecule has 0 nitrogen and oxygen atoms in total. The quantitative estimate of drug-likeness (QED) is 0.153. The average molecular weight is 801 g/mol. The van der Waals surface area contributed by atoms with E-state index in [0.29, 0.717) is 0 Å². The van der Waals surface area contributed by atoms with E-state index in [2.05, 4.69) is 183 Å². The first-order chi connectivity index (χ1) is 23.8. The predicted molar refractivity (Wildman–Crippen MR) is 231 cm³/mol. The molecule has 0 fully saturated rings. The van der Waals surface area contributed by atoms with E-state index >= 15 is 0 Å². The van der Waals surface area contributed by atoms with Crippen LogP contribution in [0.1, 0.15) is 81.3 Å². The number of hydrogen-bond donors (Lipinski definition) is 0. The molecular formula is C49H50Cl2Zr. The van der Waals surface area contributed by atoms with E-state index in [1.165, 1.54) is 104 Å². The van der Waals surface area contributed by atoms with Crippen molar-refractivity contribution in [3.05, 3.63) is 173 Å². The number of rotatable bonds is 2. The SMILES string of the molecule is Cc1cc2[cH-]c3cc(C)c(C(C)(C)C)cc3c2cc1C(C)(C)C.Cl.Cl.[C-]1=CC=CC1.[Zr+2]=[C](c1cccc2ccccc12)c1cccc2ccccc12. The summed E-state index contributed by atoms with van der Waals surface area (Å²) in [6.45, 7) is 18.3. The van der Waals surface area contributed by atoms with Crippen molar-refractivity contribution >= 4 is 71.1 Å². The number of hydrogen-bond acceptors (Lipinski definition) is 0. The van der Waals surface area contributed by atoms with E-state index in [9.17, 15) is 0 Å². The molecule has 52 heavy (non-hydrogen) atoms. The second kappa shape index (κ2) is 17.1. The Morgan fingerprint density at radius 1 is 0.577 bits per heavy atom. The van der Waals surface area contributed by atoms with Crippen molar-refractivity contribution in [2.24, 2.45) is 0 Å². The third-order valence-corrected chi connectivity index (χ3v) is 11.0. The summed E-state index contributed by atoms with van der Waals surface area (Å²) in [5.41, 5.74) is 8.77. The number of aryl methyl sites for hydroxylation is 2. The Morgan fingerprint density at radius 2 is 1.00 bits per heavy atom. The van der Waals surface area contributed by atoms with Crippen molar-refractivity contribution in [2.75, 3.05) is 0 Å². The number of fused-ring (bicyclic) bond motifs is 5. The van der Waals surface area contributed by atoms with Crippen molar-refractivity contribution in [3.8, 4) is 0 Å². The van der Waals surface area contributed by atoms with Gasteiger partial charge in [0.05, 0.1) is 0 Å². The molecule has 0 aliphatic heterocycles. The van der Waals surface area contributed by atoms with Gasteiger partial charge in [-0.25, -0.2) is 12.2 Å². The maximum absolute atomic E-state index is 2.99. The van der Waals surface area contributed by atoms with Gasteiger partial charge in [-0.15, -0.1) is 71.0 Å². The van der Waals surface area contributed by atoms with Crippen LogP contribution in [0.4, 0.5) is 0 Å². The van der Waals surface area contributed by atoms with Gasteiger partial charge in [-0.1, -0.05) is 75.9 Å². The monoisotopic (exact) mass is 798 g/mol. The summed E-state index contributed by atoms with van der Waals surface area (Å²) >= 11 is 1.44. The van der Waals surface area contributed by atoms with Crippen LogP contribution >= 0.6 is 24.8 Å². The Balaban J connectivity index is 0.000000198. The molecule has 0 N–H and O–H groups in total. The zero-order valence-corrected chi connectivity index (χ0v) is 35.8. The minimum absolute atomic E-state index is 0. The van der Waals surface area contributed by atoms with Crippen LogP contribution in [0.25, 0.3) is 43.1 Å². The maximum atomic E-state index is 2.99. The summed E-state index contributed by atoms with van der Waals surface area (Å²) in [6, 6.07) is 42.4. The van der Waals surface area contributed by atoms with Gasteiger partial charge in [-0.2, -0.15) is 6.08 Å². The van der Waals surface area contributed by atoms with Gasteiger partial charge in [0.15, 0.2) is 0 Å². The summed E-state index contributed by atoms with van der Waals surface area (Å²) in [7, 11) is 0. The second-order valence-electron chi connectivity index (χ2n) is 15.6. The van der Waals surface area contributed by atoms with Crippen LogP contribution in [0.15, 0.2) is 133 Å². The summed E-state index contributed by atoms with van der Waals surface area (Å²) in [6.07, 6.45) is 10.0. The van der Waals surface area contributed by atoms with Crippen LogP contribution in [-0.4, -0.2) is 3.21 Å². The van der Waals surface area contributed by atoms with Gasteiger partial charge in [0.25, 0.3) is 0 Å². The van der Waals surface area contributed by atoms with Crippen LogP contribution in [0.3, 0.4) is 0 Å². The summed E-state index contributed by atoms with van der Waals surface area (Å²) in [5.74, 6) is 0. The molecule has 7 aromatic rings. The van der Waals surface area contributed by atoms with E-state index in [1.807, 2.05) is 12.2 Å². The molecule has 1 aliphatic carbocycles. The number of halogens is 2. The zero-order chi connectivity index (χ0) is 35.6. The van der Waals surface area contributed by atoms with Gasteiger partial charge in [0, 0.05) is 0 Å². The van der Waals surface area contributed by atoms with E-state index in [-0.39, 0.29) is 35.6 Å². The van der Waals surface area contributed by atoms with Crippen molar-refractivity contribution < 1.29 is 24.2 Å². The normalized spacial score (nSPS) is 12.2. The fourth-order valence-electron chi connectivity index (χ4n) is 7.32. The Labute approximate surface area is 338 Å². The average Bonchev–Trinajstić information content (AvgIpc) is 3.78. The third kappa shape index (κ3) is 9.00. The molecule has 0 amide bonds. The van der Waals surface area contributed by atoms with Gasteiger partial charge in [-0.3, -0.25) is 6.08 Å². The zero-order valence-electron chi connectivity index (χ0n) is 31.7. The van der Waals surface area contributed by atoms with Gasteiger partial charge in [0.1, 0.15) is 0 Å². The molecule has 0 radical (unpaired) electrons. The molecular weight excluding hydrogens is 751 g/mol. The number of allylic oxidation sites excluding steroid dienone is 4. The molecule has 0 unspecified atom stereocenters. The van der Waals surface area contributed by atoms with Gasteiger partial charge in [-0.05, 0) is 24.7 Å². The molecule has 0 heterocycles. The summed E-state index contributed by atoms with van der Waals surface area (Å²) in [5, 5.41) is 10.8. The molecule has 0 bridgehead atoms. The van der Waals surface area contributed by atoms with Gasteiger partial charge < -0.3 is 0 Å². The first-order valence-electron chi connectivity index (χ1n) is 17.7. The second-order valence-corrected chi connectivity index (χ2v) is 16.8. The molecule has 0 spiro atoms. The fraction of sp³-hybridized carbons (Fsp3) is 0.224. The first kappa shape index (κ1) is 41.3. The summed E-state index contributed by atoms with van der Waals surface area (Å²) < 4.78 is 1.42. The van der Waals surface area contributed by atoms with Crippen molar-refractivity contribution in [1.29, 1.82) is 0 Å². The summed E-state index contributed by atoms with van der Waals surface area (Å²) in [4.78, 5) is 0. The van der Waals surface area contributed by atoms with Crippen LogP contribution in [0, 0.1) is 19.9 Å². The first-order valence-corrected chi connectivity index (χ1v) is 19.0.